The molecule has 0 spiro atoms. The summed E-state index contributed by atoms with van der Waals surface area (Å²) in [6.07, 6.45) is 11.3. The van der Waals surface area contributed by atoms with E-state index in [4.69, 9.17) is 4.74 Å². The molecule has 10 heavy (non-hydrogen) atoms. The van der Waals surface area contributed by atoms with Crippen LogP contribution >= 0.6 is 0 Å². The average Bonchev–Trinajstić information content (AvgIpc) is 2.70. The van der Waals surface area contributed by atoms with Crippen LogP contribution in [0.1, 0.15) is 6.42 Å². The molecule has 3 aliphatic rings. The van der Waals surface area contributed by atoms with Gasteiger partial charge in [0.05, 0.1) is 0 Å². The Morgan fingerprint density at radius 1 is 0.900 bits per heavy atom. The van der Waals surface area contributed by atoms with Crippen LogP contribution in [0.25, 0.3) is 0 Å². The van der Waals surface area contributed by atoms with Gasteiger partial charge in [-0.05, 0) is 18.3 Å². The zero-order valence-electron chi connectivity index (χ0n) is 5.73. The minimum Gasteiger partial charge on any atom is -0.361 e. The normalized spacial score (nSPS) is 54.4. The Labute approximate surface area is 60.4 Å². The molecule has 3 rings (SSSR count). The molecule has 0 aromatic carbocycles. The van der Waals surface area contributed by atoms with Crippen molar-refractivity contribution in [2.75, 3.05) is 0 Å². The number of hydrogen-bond acceptors (Lipinski definition) is 1. The molecule has 4 atom stereocenters. The predicted octanol–water partition coefficient (Wildman–Crippen LogP) is 1.52. The van der Waals surface area contributed by atoms with E-state index in [1.165, 1.54) is 6.42 Å². The second-order valence-corrected chi connectivity index (χ2v) is 3.40. The van der Waals surface area contributed by atoms with E-state index < -0.39 is 0 Å². The van der Waals surface area contributed by atoms with E-state index >= 15 is 0 Å². The molecular weight excluding hydrogens is 124 g/mol. The molecule has 52 valence electrons. The van der Waals surface area contributed by atoms with E-state index in [9.17, 15) is 0 Å². The lowest BCUT2D eigenvalue weighted by Crippen LogP contribution is -1.88. The van der Waals surface area contributed by atoms with Gasteiger partial charge in [0.25, 0.3) is 0 Å². The number of hydrogen-bond donors (Lipinski definition) is 0. The topological polar surface area (TPSA) is 12.5 Å². The third-order valence-corrected chi connectivity index (χ3v) is 2.55. The zero-order valence-corrected chi connectivity index (χ0v) is 5.73. The average molecular weight is 134 g/mol. The third kappa shape index (κ3) is 0.671. The molecule has 1 saturated carbocycles. The standard InChI is InChI=1S/C9H10O/c1-3-8-9(10-8)4-2-7-5-6(1)7/h1-4,6-9H,5H2. The highest BCUT2D eigenvalue weighted by molar-refractivity contribution is 5.21. The van der Waals surface area contributed by atoms with Gasteiger partial charge >= 0.3 is 0 Å². The maximum atomic E-state index is 5.33. The van der Waals surface area contributed by atoms with Gasteiger partial charge in [-0.3, -0.25) is 0 Å². The van der Waals surface area contributed by atoms with Crippen molar-refractivity contribution in [2.24, 2.45) is 11.8 Å². The van der Waals surface area contributed by atoms with E-state index in [1.807, 2.05) is 0 Å². The van der Waals surface area contributed by atoms with Gasteiger partial charge in [0.15, 0.2) is 0 Å². The molecule has 0 amide bonds. The minimum absolute atomic E-state index is 0.429. The van der Waals surface area contributed by atoms with Crippen LogP contribution in [0.2, 0.25) is 0 Å². The van der Waals surface area contributed by atoms with Gasteiger partial charge in [-0.1, -0.05) is 24.3 Å². The summed E-state index contributed by atoms with van der Waals surface area (Å²) in [6.45, 7) is 0. The van der Waals surface area contributed by atoms with Crippen molar-refractivity contribution in [3.63, 3.8) is 0 Å². The van der Waals surface area contributed by atoms with Crippen molar-refractivity contribution in [3.8, 4) is 0 Å². The van der Waals surface area contributed by atoms with Gasteiger partial charge < -0.3 is 4.74 Å². The summed E-state index contributed by atoms with van der Waals surface area (Å²) in [5.41, 5.74) is 0. The Morgan fingerprint density at radius 2 is 1.50 bits per heavy atom. The molecule has 0 aromatic rings. The van der Waals surface area contributed by atoms with Crippen LogP contribution in [-0.2, 0) is 4.74 Å². The first-order valence-corrected chi connectivity index (χ1v) is 3.95. The molecule has 1 heteroatoms. The highest BCUT2D eigenvalue weighted by atomic mass is 16.6. The Hall–Kier alpha value is -0.560. The number of allylic oxidation sites excluding steroid dienone is 2. The van der Waals surface area contributed by atoms with E-state index in [0.29, 0.717) is 12.2 Å². The SMILES string of the molecule is C1=CC2OC2C=CC2CC12. The molecule has 1 aliphatic heterocycles. The van der Waals surface area contributed by atoms with Crippen molar-refractivity contribution in [2.45, 2.75) is 18.6 Å². The van der Waals surface area contributed by atoms with Crippen LogP contribution in [-0.4, -0.2) is 12.2 Å². The smallest absolute Gasteiger partial charge is 0.106 e. The number of fused-ring (bicyclic) bond motifs is 2. The summed E-state index contributed by atoms with van der Waals surface area (Å²) in [4.78, 5) is 0. The summed E-state index contributed by atoms with van der Waals surface area (Å²) in [5.74, 6) is 1.70. The molecule has 0 bridgehead atoms. The second kappa shape index (κ2) is 1.54. The van der Waals surface area contributed by atoms with Crippen LogP contribution in [0.4, 0.5) is 0 Å². The van der Waals surface area contributed by atoms with Crippen molar-refractivity contribution in [1.29, 1.82) is 0 Å². The van der Waals surface area contributed by atoms with Gasteiger partial charge in [-0.25, -0.2) is 0 Å². The summed E-state index contributed by atoms with van der Waals surface area (Å²) in [7, 11) is 0. The van der Waals surface area contributed by atoms with Crippen LogP contribution < -0.4 is 0 Å². The van der Waals surface area contributed by atoms with Crippen LogP contribution in [0, 0.1) is 11.8 Å². The van der Waals surface area contributed by atoms with Crippen LogP contribution in [0.15, 0.2) is 24.3 Å². The van der Waals surface area contributed by atoms with Crippen molar-refractivity contribution in [1.82, 2.24) is 0 Å². The molecule has 1 heterocycles. The summed E-state index contributed by atoms with van der Waals surface area (Å²) < 4.78 is 5.33. The van der Waals surface area contributed by atoms with Gasteiger partial charge in [-0.15, -0.1) is 0 Å². The largest absolute Gasteiger partial charge is 0.361 e. The van der Waals surface area contributed by atoms with E-state index in [2.05, 4.69) is 24.3 Å². The highest BCUT2D eigenvalue weighted by Crippen LogP contribution is 2.43. The molecule has 0 aromatic heterocycles. The molecule has 1 saturated heterocycles. The monoisotopic (exact) mass is 134 g/mol. The van der Waals surface area contributed by atoms with E-state index in [-0.39, 0.29) is 0 Å². The molecule has 2 fully saturated rings. The fourth-order valence-corrected chi connectivity index (χ4v) is 1.63. The quantitative estimate of drug-likeness (QED) is 0.361. The Balaban J connectivity index is 1.89. The van der Waals surface area contributed by atoms with E-state index in [0.717, 1.165) is 11.8 Å². The highest BCUT2D eigenvalue weighted by Gasteiger charge is 2.40. The third-order valence-electron chi connectivity index (χ3n) is 2.55. The Bertz CT molecular complexity index is 173. The number of rotatable bonds is 0. The number of epoxide rings is 1. The lowest BCUT2D eigenvalue weighted by atomic mass is 10.1. The zero-order chi connectivity index (χ0) is 6.55. The first-order valence-electron chi connectivity index (χ1n) is 3.95. The molecule has 0 radical (unpaired) electrons. The Kier molecular flexibility index (Phi) is 0.789. The van der Waals surface area contributed by atoms with Gasteiger partial charge in [0.1, 0.15) is 12.2 Å². The second-order valence-electron chi connectivity index (χ2n) is 3.40. The molecule has 4 unspecified atom stereocenters. The van der Waals surface area contributed by atoms with Gasteiger partial charge in [-0.2, -0.15) is 0 Å². The summed E-state index contributed by atoms with van der Waals surface area (Å²) in [6, 6.07) is 0. The lowest BCUT2D eigenvalue weighted by Gasteiger charge is -1.87. The molecule has 1 nitrogen and oxygen atoms in total. The molecule has 2 aliphatic carbocycles. The molecule has 0 N–H and O–H groups in total. The first-order chi connectivity index (χ1) is 4.93. The maximum Gasteiger partial charge on any atom is 0.106 e. The fraction of sp³-hybridized carbons (Fsp3) is 0.556. The van der Waals surface area contributed by atoms with E-state index in [1.54, 1.807) is 0 Å². The molecular formula is C9H10O. The minimum atomic E-state index is 0.429. The predicted molar refractivity (Wildman–Crippen MR) is 38.5 cm³/mol. The van der Waals surface area contributed by atoms with Crippen molar-refractivity contribution in [3.05, 3.63) is 24.3 Å². The first kappa shape index (κ1) is 5.14. The maximum absolute atomic E-state index is 5.33. The van der Waals surface area contributed by atoms with Gasteiger partial charge in [0, 0.05) is 0 Å². The summed E-state index contributed by atoms with van der Waals surface area (Å²) >= 11 is 0. The summed E-state index contributed by atoms with van der Waals surface area (Å²) in [5, 5.41) is 0. The van der Waals surface area contributed by atoms with Crippen LogP contribution in [0.5, 0.6) is 0 Å². The van der Waals surface area contributed by atoms with Crippen molar-refractivity contribution < 1.29 is 4.74 Å². The Morgan fingerprint density at radius 3 is 2.10 bits per heavy atom. The van der Waals surface area contributed by atoms with Gasteiger partial charge in [0.2, 0.25) is 0 Å². The van der Waals surface area contributed by atoms with Crippen LogP contribution in [0.3, 0.4) is 0 Å². The lowest BCUT2D eigenvalue weighted by molar-refractivity contribution is 0.413. The van der Waals surface area contributed by atoms with Crippen molar-refractivity contribution >= 4 is 0 Å². The fourth-order valence-electron chi connectivity index (χ4n) is 1.63. The number of ether oxygens (including phenoxy) is 1.